The van der Waals surface area contributed by atoms with Crippen molar-refractivity contribution in [2.75, 3.05) is 13.7 Å². The summed E-state index contributed by atoms with van der Waals surface area (Å²) in [6.45, 7) is 0.521. The number of nitrogens with one attached hydrogen (secondary N) is 1. The molecule has 0 heterocycles. The molecule has 1 aliphatic rings. The van der Waals surface area contributed by atoms with Crippen molar-refractivity contribution in [2.24, 2.45) is 0 Å². The second-order valence-corrected chi connectivity index (χ2v) is 3.89. The maximum Gasteiger partial charge on any atom is 0.329 e. The Hall–Kier alpha value is -1.10. The van der Waals surface area contributed by atoms with Crippen molar-refractivity contribution < 1.29 is 19.4 Å². The fourth-order valence-electron chi connectivity index (χ4n) is 1.63. The molecule has 2 N–H and O–H groups in total. The Bertz CT molecular complexity index is 248. The quantitative estimate of drug-likeness (QED) is 0.634. The molecule has 1 amide bonds. The van der Waals surface area contributed by atoms with Gasteiger partial charge >= 0.3 is 5.97 Å². The molecular weight excluding hydrogens is 198 g/mol. The van der Waals surface area contributed by atoms with Gasteiger partial charge in [-0.25, -0.2) is 4.79 Å². The molecule has 1 aliphatic carbocycles. The fraction of sp³-hybridized carbons (Fsp3) is 0.800. The molecule has 0 aromatic heterocycles. The first kappa shape index (κ1) is 12.0. The number of carboxylic acids is 1. The van der Waals surface area contributed by atoms with Gasteiger partial charge in [-0.05, 0) is 25.7 Å². The van der Waals surface area contributed by atoms with E-state index in [0.29, 0.717) is 32.3 Å². The van der Waals surface area contributed by atoms with Gasteiger partial charge in [-0.3, -0.25) is 4.79 Å². The normalized spacial score (nSPS) is 17.9. The van der Waals surface area contributed by atoms with Crippen LogP contribution in [0.1, 0.15) is 32.1 Å². The molecule has 0 radical (unpaired) electrons. The van der Waals surface area contributed by atoms with Crippen LogP contribution < -0.4 is 5.32 Å². The lowest BCUT2D eigenvalue weighted by Gasteiger charge is -2.38. The van der Waals surface area contributed by atoms with E-state index < -0.39 is 11.5 Å². The number of carboxylic acid groups (broad SMARTS) is 1. The number of aliphatic carboxylic acids is 1. The van der Waals surface area contributed by atoms with E-state index in [1.165, 1.54) is 0 Å². The highest BCUT2D eigenvalue weighted by atomic mass is 16.5. The van der Waals surface area contributed by atoms with Crippen LogP contribution in [0.25, 0.3) is 0 Å². The van der Waals surface area contributed by atoms with E-state index in [1.54, 1.807) is 7.11 Å². The van der Waals surface area contributed by atoms with Crippen LogP contribution in [-0.2, 0) is 14.3 Å². The number of hydrogen-bond acceptors (Lipinski definition) is 3. The van der Waals surface area contributed by atoms with E-state index in [2.05, 4.69) is 5.32 Å². The number of hydrogen-bond donors (Lipinski definition) is 2. The summed E-state index contributed by atoms with van der Waals surface area (Å²) in [7, 11) is 1.57. The lowest BCUT2D eigenvalue weighted by molar-refractivity contribution is -0.151. The smallest absolute Gasteiger partial charge is 0.329 e. The zero-order valence-corrected chi connectivity index (χ0v) is 8.91. The van der Waals surface area contributed by atoms with E-state index >= 15 is 0 Å². The van der Waals surface area contributed by atoms with Gasteiger partial charge in [-0.1, -0.05) is 0 Å². The predicted molar refractivity (Wildman–Crippen MR) is 53.5 cm³/mol. The Morgan fingerprint density at radius 2 is 2.13 bits per heavy atom. The standard InChI is InChI=1S/C10H17NO4/c1-15-7-2-4-8(12)11-10(9(13)14)5-3-6-10/h2-7H2,1H3,(H,11,12)(H,13,14). The van der Waals surface area contributed by atoms with Gasteiger partial charge in [-0.15, -0.1) is 0 Å². The summed E-state index contributed by atoms with van der Waals surface area (Å²) in [4.78, 5) is 22.3. The molecule has 1 saturated carbocycles. The molecular formula is C10H17NO4. The zero-order valence-electron chi connectivity index (χ0n) is 8.91. The average Bonchev–Trinajstić information content (AvgIpc) is 2.11. The Balaban J connectivity index is 2.32. The van der Waals surface area contributed by atoms with Crippen molar-refractivity contribution in [3.63, 3.8) is 0 Å². The third-order valence-corrected chi connectivity index (χ3v) is 2.75. The molecule has 0 spiro atoms. The summed E-state index contributed by atoms with van der Waals surface area (Å²) < 4.78 is 4.81. The molecule has 1 rings (SSSR count). The third-order valence-electron chi connectivity index (χ3n) is 2.75. The Morgan fingerprint density at radius 1 is 1.47 bits per heavy atom. The topological polar surface area (TPSA) is 75.6 Å². The minimum absolute atomic E-state index is 0.200. The van der Waals surface area contributed by atoms with E-state index in [-0.39, 0.29) is 5.91 Å². The maximum absolute atomic E-state index is 11.4. The molecule has 0 bridgehead atoms. The van der Waals surface area contributed by atoms with E-state index in [4.69, 9.17) is 9.84 Å². The first-order valence-corrected chi connectivity index (χ1v) is 5.14. The SMILES string of the molecule is COCCCC(=O)NC1(C(=O)O)CCC1. The molecule has 0 aromatic rings. The van der Waals surface area contributed by atoms with Crippen LogP contribution in [0.5, 0.6) is 0 Å². The first-order valence-electron chi connectivity index (χ1n) is 5.14. The molecule has 5 nitrogen and oxygen atoms in total. The molecule has 0 aromatic carbocycles. The van der Waals surface area contributed by atoms with Crippen LogP contribution in [0.3, 0.4) is 0 Å². The number of rotatable bonds is 6. The monoisotopic (exact) mass is 215 g/mol. The summed E-state index contributed by atoms with van der Waals surface area (Å²) in [5.41, 5.74) is -0.982. The Labute approximate surface area is 88.8 Å². The molecule has 0 unspecified atom stereocenters. The van der Waals surface area contributed by atoms with Gasteiger partial charge in [0, 0.05) is 20.1 Å². The Morgan fingerprint density at radius 3 is 2.53 bits per heavy atom. The Kier molecular flexibility index (Phi) is 4.08. The lowest BCUT2D eigenvalue weighted by Crippen LogP contribution is -2.59. The van der Waals surface area contributed by atoms with Gasteiger partial charge in [0.1, 0.15) is 5.54 Å². The van der Waals surface area contributed by atoms with Crippen molar-refractivity contribution >= 4 is 11.9 Å². The number of methoxy groups -OCH3 is 1. The van der Waals surface area contributed by atoms with Crippen LogP contribution in [0.2, 0.25) is 0 Å². The molecule has 86 valence electrons. The summed E-state index contributed by atoms with van der Waals surface area (Å²) in [5, 5.41) is 11.6. The van der Waals surface area contributed by atoms with Crippen LogP contribution in [0, 0.1) is 0 Å². The number of amides is 1. The van der Waals surface area contributed by atoms with Crippen LogP contribution >= 0.6 is 0 Å². The maximum atomic E-state index is 11.4. The molecule has 5 heteroatoms. The third kappa shape index (κ3) is 2.92. The van der Waals surface area contributed by atoms with Gasteiger partial charge in [-0.2, -0.15) is 0 Å². The molecule has 0 atom stereocenters. The average molecular weight is 215 g/mol. The molecule has 0 saturated heterocycles. The van der Waals surface area contributed by atoms with Crippen molar-refractivity contribution in [3.8, 4) is 0 Å². The van der Waals surface area contributed by atoms with Crippen LogP contribution in [0.4, 0.5) is 0 Å². The van der Waals surface area contributed by atoms with Crippen molar-refractivity contribution in [2.45, 2.75) is 37.6 Å². The van der Waals surface area contributed by atoms with Gasteiger partial charge < -0.3 is 15.2 Å². The van der Waals surface area contributed by atoms with Crippen LogP contribution in [-0.4, -0.2) is 36.2 Å². The van der Waals surface area contributed by atoms with E-state index in [9.17, 15) is 9.59 Å². The van der Waals surface area contributed by atoms with Crippen molar-refractivity contribution in [1.29, 1.82) is 0 Å². The highest BCUT2D eigenvalue weighted by Crippen LogP contribution is 2.32. The summed E-state index contributed by atoms with van der Waals surface area (Å²) in [6.07, 6.45) is 2.89. The van der Waals surface area contributed by atoms with Gasteiger partial charge in [0.05, 0.1) is 0 Å². The summed E-state index contributed by atoms with van der Waals surface area (Å²) >= 11 is 0. The van der Waals surface area contributed by atoms with Gasteiger partial charge in [0.15, 0.2) is 0 Å². The minimum Gasteiger partial charge on any atom is -0.480 e. The molecule has 0 aliphatic heterocycles. The number of ether oxygens (including phenoxy) is 1. The number of carbonyl (C=O) groups is 2. The van der Waals surface area contributed by atoms with E-state index in [0.717, 1.165) is 6.42 Å². The van der Waals surface area contributed by atoms with Crippen LogP contribution in [0.15, 0.2) is 0 Å². The van der Waals surface area contributed by atoms with E-state index in [1.807, 2.05) is 0 Å². The summed E-state index contributed by atoms with van der Waals surface area (Å²) in [5.74, 6) is -1.12. The number of carbonyl (C=O) groups excluding carboxylic acids is 1. The largest absolute Gasteiger partial charge is 0.480 e. The second kappa shape index (κ2) is 5.11. The minimum atomic E-state index is -0.982. The van der Waals surface area contributed by atoms with Gasteiger partial charge in [0.2, 0.25) is 5.91 Å². The molecule has 15 heavy (non-hydrogen) atoms. The zero-order chi connectivity index (χ0) is 11.3. The lowest BCUT2D eigenvalue weighted by atomic mass is 9.76. The van der Waals surface area contributed by atoms with Crippen molar-refractivity contribution in [1.82, 2.24) is 5.32 Å². The predicted octanol–water partition coefficient (Wildman–Crippen LogP) is 0.536. The fourth-order valence-corrected chi connectivity index (χ4v) is 1.63. The summed E-state index contributed by atoms with van der Waals surface area (Å²) in [6, 6.07) is 0. The first-order chi connectivity index (χ1) is 7.10. The second-order valence-electron chi connectivity index (χ2n) is 3.89. The highest BCUT2D eigenvalue weighted by Gasteiger charge is 2.45. The van der Waals surface area contributed by atoms with Gasteiger partial charge in [0.25, 0.3) is 0 Å². The highest BCUT2D eigenvalue weighted by molar-refractivity contribution is 5.87. The molecule has 1 fully saturated rings. The van der Waals surface area contributed by atoms with Crippen molar-refractivity contribution in [3.05, 3.63) is 0 Å².